The summed E-state index contributed by atoms with van der Waals surface area (Å²) in [5.41, 5.74) is 0. The van der Waals surface area contributed by atoms with Gasteiger partial charge in [0.05, 0.1) is 0 Å². The molecule has 0 saturated carbocycles. The second kappa shape index (κ2) is 7.89. The van der Waals surface area contributed by atoms with E-state index in [0.29, 0.717) is 21.1 Å². The van der Waals surface area contributed by atoms with Crippen molar-refractivity contribution in [3.63, 3.8) is 0 Å². The number of nitrogens with one attached hydrogen (secondary N) is 1. The lowest BCUT2D eigenvalue weighted by Gasteiger charge is -2.31. The Morgan fingerprint density at radius 1 is 1.35 bits per heavy atom. The summed E-state index contributed by atoms with van der Waals surface area (Å²) in [6.45, 7) is 4.73. The second-order valence-electron chi connectivity index (χ2n) is 5.02. The summed E-state index contributed by atoms with van der Waals surface area (Å²) in [4.78, 5) is 2.10. The largest absolute Gasteiger partial charge is 0.305 e. The highest BCUT2D eigenvalue weighted by molar-refractivity contribution is 9.10. The Bertz CT molecular complexity index is 510. The summed E-state index contributed by atoms with van der Waals surface area (Å²) >= 11 is 4.50. The molecule has 20 heavy (non-hydrogen) atoms. The van der Waals surface area contributed by atoms with Gasteiger partial charge in [-0.05, 0) is 47.4 Å². The summed E-state index contributed by atoms with van der Waals surface area (Å²) < 4.78 is 28.3. The topological polar surface area (TPSA) is 49.4 Å². The van der Waals surface area contributed by atoms with Gasteiger partial charge in [0.2, 0.25) is 0 Å². The SMILES string of the molecule is CCC(CC)C(CNS(=O)(=O)c1sccc1Br)N(C)C. The molecule has 0 radical (unpaired) electrons. The van der Waals surface area contributed by atoms with Crippen molar-refractivity contribution in [1.29, 1.82) is 0 Å². The summed E-state index contributed by atoms with van der Waals surface area (Å²) in [6.07, 6.45) is 2.09. The standard InChI is InChI=1S/C13H23BrN2O2S2/c1-5-10(6-2)12(16(3)4)9-15-20(17,18)13-11(14)7-8-19-13/h7-8,10,12,15H,5-6,9H2,1-4H3. The number of likely N-dealkylation sites (N-methyl/N-ethyl adjacent to an activating group) is 1. The third-order valence-electron chi connectivity index (χ3n) is 3.57. The molecular weight excluding hydrogens is 360 g/mol. The van der Waals surface area contributed by atoms with Crippen LogP contribution in [0, 0.1) is 5.92 Å². The molecule has 1 heterocycles. The molecule has 0 bridgehead atoms. The zero-order chi connectivity index (χ0) is 15.3. The molecule has 0 fully saturated rings. The molecule has 0 aliphatic carbocycles. The number of rotatable bonds is 8. The average Bonchev–Trinajstić information content (AvgIpc) is 2.81. The molecular formula is C13H23BrN2O2S2. The lowest BCUT2D eigenvalue weighted by atomic mass is 9.93. The molecule has 0 amide bonds. The van der Waals surface area contributed by atoms with Gasteiger partial charge in [0.15, 0.2) is 0 Å². The molecule has 1 rings (SSSR count). The van der Waals surface area contributed by atoms with Crippen LogP contribution in [0.3, 0.4) is 0 Å². The van der Waals surface area contributed by atoms with Crippen LogP contribution in [0.15, 0.2) is 20.1 Å². The fourth-order valence-electron chi connectivity index (χ4n) is 2.34. The minimum absolute atomic E-state index is 0.207. The van der Waals surface area contributed by atoms with Crippen molar-refractivity contribution in [3.8, 4) is 0 Å². The smallest absolute Gasteiger partial charge is 0.251 e. The normalized spacial score (nSPS) is 14.2. The van der Waals surface area contributed by atoms with Gasteiger partial charge in [-0.1, -0.05) is 26.7 Å². The van der Waals surface area contributed by atoms with E-state index in [4.69, 9.17) is 0 Å². The number of sulfonamides is 1. The van der Waals surface area contributed by atoms with Gasteiger partial charge in [-0.25, -0.2) is 13.1 Å². The lowest BCUT2D eigenvalue weighted by molar-refractivity contribution is 0.201. The number of nitrogens with zero attached hydrogens (tertiary/aromatic N) is 1. The molecule has 1 aromatic heterocycles. The van der Waals surface area contributed by atoms with Crippen LogP contribution in [-0.4, -0.2) is 40.0 Å². The summed E-state index contributed by atoms with van der Waals surface area (Å²) in [6, 6.07) is 1.96. The molecule has 0 aliphatic rings. The summed E-state index contributed by atoms with van der Waals surface area (Å²) in [7, 11) is 0.566. The van der Waals surface area contributed by atoms with Gasteiger partial charge in [-0.2, -0.15) is 0 Å². The van der Waals surface area contributed by atoms with Crippen LogP contribution in [0.5, 0.6) is 0 Å². The van der Waals surface area contributed by atoms with E-state index >= 15 is 0 Å². The van der Waals surface area contributed by atoms with Gasteiger partial charge < -0.3 is 4.90 Å². The minimum atomic E-state index is -3.43. The van der Waals surface area contributed by atoms with Gasteiger partial charge in [-0.3, -0.25) is 0 Å². The molecule has 7 heteroatoms. The molecule has 1 N–H and O–H groups in total. The molecule has 1 unspecified atom stereocenters. The maximum atomic E-state index is 12.3. The Labute approximate surface area is 134 Å². The van der Waals surface area contributed by atoms with E-state index in [1.54, 1.807) is 11.4 Å². The zero-order valence-electron chi connectivity index (χ0n) is 12.4. The van der Waals surface area contributed by atoms with Crippen LogP contribution < -0.4 is 4.72 Å². The van der Waals surface area contributed by atoms with Crippen molar-refractivity contribution >= 4 is 37.3 Å². The van der Waals surface area contributed by atoms with E-state index < -0.39 is 10.0 Å². The van der Waals surface area contributed by atoms with E-state index in [1.807, 2.05) is 14.1 Å². The molecule has 0 saturated heterocycles. The fourth-order valence-corrected chi connectivity index (χ4v) is 5.77. The van der Waals surface area contributed by atoms with Crippen LogP contribution in [-0.2, 0) is 10.0 Å². The highest BCUT2D eigenvalue weighted by Crippen LogP contribution is 2.27. The first kappa shape index (κ1) is 18.1. The van der Waals surface area contributed by atoms with Gasteiger partial charge in [-0.15, -0.1) is 11.3 Å². The van der Waals surface area contributed by atoms with Crippen molar-refractivity contribution in [2.45, 2.75) is 36.9 Å². The van der Waals surface area contributed by atoms with Crippen LogP contribution >= 0.6 is 27.3 Å². The molecule has 0 aliphatic heterocycles. The second-order valence-corrected chi connectivity index (χ2v) is 8.75. The van der Waals surface area contributed by atoms with Gasteiger partial charge >= 0.3 is 0 Å². The van der Waals surface area contributed by atoms with Crippen molar-refractivity contribution in [1.82, 2.24) is 9.62 Å². The Morgan fingerprint density at radius 3 is 2.35 bits per heavy atom. The predicted molar refractivity (Wildman–Crippen MR) is 88.8 cm³/mol. The first-order valence-corrected chi connectivity index (χ1v) is 9.88. The molecule has 0 aromatic carbocycles. The molecule has 0 spiro atoms. The molecule has 116 valence electrons. The number of halogens is 1. The average molecular weight is 383 g/mol. The first-order chi connectivity index (χ1) is 9.33. The molecule has 1 atom stereocenters. The number of thiophene rings is 1. The van der Waals surface area contributed by atoms with Crippen LogP contribution in [0.1, 0.15) is 26.7 Å². The Hall–Kier alpha value is 0.0500. The van der Waals surface area contributed by atoms with Crippen LogP contribution in [0.25, 0.3) is 0 Å². The van der Waals surface area contributed by atoms with Crippen LogP contribution in [0.4, 0.5) is 0 Å². The van der Waals surface area contributed by atoms with E-state index in [0.717, 1.165) is 12.8 Å². The lowest BCUT2D eigenvalue weighted by Crippen LogP contribution is -2.44. The molecule has 4 nitrogen and oxygen atoms in total. The summed E-state index contributed by atoms with van der Waals surface area (Å²) in [5, 5.41) is 1.77. The minimum Gasteiger partial charge on any atom is -0.305 e. The van der Waals surface area contributed by atoms with E-state index in [-0.39, 0.29) is 6.04 Å². The number of hydrogen-bond donors (Lipinski definition) is 1. The first-order valence-electron chi connectivity index (χ1n) is 6.72. The summed E-state index contributed by atoms with van der Waals surface area (Å²) in [5.74, 6) is 0.486. The third kappa shape index (κ3) is 4.53. The predicted octanol–water partition coefficient (Wildman–Crippen LogP) is 3.16. The highest BCUT2D eigenvalue weighted by Gasteiger charge is 2.25. The van der Waals surface area contributed by atoms with Crippen molar-refractivity contribution < 1.29 is 8.42 Å². The van der Waals surface area contributed by atoms with Crippen LogP contribution in [0.2, 0.25) is 0 Å². The van der Waals surface area contributed by atoms with E-state index in [1.165, 1.54) is 11.3 Å². The van der Waals surface area contributed by atoms with Crippen molar-refractivity contribution in [2.75, 3.05) is 20.6 Å². The third-order valence-corrected chi connectivity index (χ3v) is 7.66. The van der Waals surface area contributed by atoms with Crippen molar-refractivity contribution in [2.24, 2.45) is 5.92 Å². The number of hydrogen-bond acceptors (Lipinski definition) is 4. The zero-order valence-corrected chi connectivity index (χ0v) is 15.6. The fraction of sp³-hybridized carbons (Fsp3) is 0.692. The van der Waals surface area contributed by atoms with E-state index in [2.05, 4.69) is 39.4 Å². The van der Waals surface area contributed by atoms with E-state index in [9.17, 15) is 8.42 Å². The maximum Gasteiger partial charge on any atom is 0.251 e. The van der Waals surface area contributed by atoms with Crippen molar-refractivity contribution in [3.05, 3.63) is 15.9 Å². The Kier molecular flexibility index (Phi) is 7.14. The Morgan fingerprint density at radius 2 is 1.95 bits per heavy atom. The quantitative estimate of drug-likeness (QED) is 0.750. The highest BCUT2D eigenvalue weighted by atomic mass is 79.9. The monoisotopic (exact) mass is 382 g/mol. The molecule has 1 aromatic rings. The van der Waals surface area contributed by atoms with Gasteiger partial charge in [0, 0.05) is 17.1 Å². The maximum absolute atomic E-state index is 12.3. The Balaban J connectivity index is 2.80. The van der Waals surface area contributed by atoms with Gasteiger partial charge in [0.25, 0.3) is 10.0 Å². The van der Waals surface area contributed by atoms with Gasteiger partial charge in [0.1, 0.15) is 4.21 Å².